The average Bonchev–Trinajstić information content (AvgIpc) is 3.26. The van der Waals surface area contributed by atoms with Crippen LogP contribution in [0.1, 0.15) is 30.7 Å². The topological polar surface area (TPSA) is 82.5 Å². The molecular formula is C16H18F3N3O3. The van der Waals surface area contributed by atoms with E-state index in [2.05, 4.69) is 10.3 Å². The summed E-state index contributed by atoms with van der Waals surface area (Å²) in [4.78, 5) is 28.0. The van der Waals surface area contributed by atoms with Gasteiger partial charge in [-0.1, -0.05) is 6.07 Å². The number of piperidine rings is 1. The second kappa shape index (κ2) is 6.20. The van der Waals surface area contributed by atoms with E-state index in [0.717, 1.165) is 6.07 Å². The molecule has 2 amide bonds. The van der Waals surface area contributed by atoms with Crippen LogP contribution in [0.25, 0.3) is 0 Å². The molecule has 2 N–H and O–H groups in total. The first-order valence-corrected chi connectivity index (χ1v) is 8.00. The van der Waals surface area contributed by atoms with Crippen LogP contribution in [-0.4, -0.2) is 40.1 Å². The summed E-state index contributed by atoms with van der Waals surface area (Å²) < 4.78 is 37.9. The fraction of sp³-hybridized carbons (Fsp3) is 0.562. The van der Waals surface area contributed by atoms with Gasteiger partial charge in [-0.3, -0.25) is 4.79 Å². The summed E-state index contributed by atoms with van der Waals surface area (Å²) in [6, 6.07) is 3.58. The Labute approximate surface area is 142 Å². The first kappa shape index (κ1) is 17.5. The summed E-state index contributed by atoms with van der Waals surface area (Å²) >= 11 is 0. The van der Waals surface area contributed by atoms with Crippen molar-refractivity contribution in [2.24, 2.45) is 11.3 Å². The molecule has 1 unspecified atom stereocenters. The van der Waals surface area contributed by atoms with Crippen LogP contribution in [-0.2, 0) is 17.5 Å². The molecule has 1 saturated carbocycles. The van der Waals surface area contributed by atoms with Crippen LogP contribution < -0.4 is 5.32 Å². The van der Waals surface area contributed by atoms with Crippen molar-refractivity contribution in [1.29, 1.82) is 0 Å². The van der Waals surface area contributed by atoms with E-state index in [1.807, 2.05) is 0 Å². The maximum absolute atomic E-state index is 12.6. The molecule has 2 heterocycles. The van der Waals surface area contributed by atoms with Crippen molar-refractivity contribution in [3.63, 3.8) is 0 Å². The van der Waals surface area contributed by atoms with Crippen LogP contribution in [0.2, 0.25) is 0 Å². The third kappa shape index (κ3) is 3.69. The Morgan fingerprint density at radius 2 is 2.00 bits per heavy atom. The van der Waals surface area contributed by atoms with Crippen molar-refractivity contribution in [2.45, 2.75) is 32.0 Å². The molecule has 1 aliphatic carbocycles. The number of carbonyl (C=O) groups is 2. The van der Waals surface area contributed by atoms with Gasteiger partial charge in [-0.2, -0.15) is 13.2 Å². The maximum Gasteiger partial charge on any atom is 0.433 e. The number of rotatable bonds is 3. The van der Waals surface area contributed by atoms with Crippen LogP contribution in [0.3, 0.4) is 0 Å². The molecule has 1 spiro atoms. The molecule has 0 aromatic carbocycles. The van der Waals surface area contributed by atoms with E-state index >= 15 is 0 Å². The van der Waals surface area contributed by atoms with Crippen molar-refractivity contribution in [1.82, 2.24) is 15.2 Å². The summed E-state index contributed by atoms with van der Waals surface area (Å²) in [7, 11) is 0. The molecule has 6 nitrogen and oxygen atoms in total. The Kier molecular flexibility index (Phi) is 4.34. The normalized spacial score (nSPS) is 21.9. The van der Waals surface area contributed by atoms with E-state index in [-0.39, 0.29) is 29.5 Å². The van der Waals surface area contributed by atoms with E-state index in [1.165, 1.54) is 17.0 Å². The van der Waals surface area contributed by atoms with Crippen molar-refractivity contribution >= 4 is 12.0 Å². The Hall–Kier alpha value is -2.32. The Morgan fingerprint density at radius 3 is 2.60 bits per heavy atom. The van der Waals surface area contributed by atoms with Gasteiger partial charge >= 0.3 is 12.3 Å². The molecule has 1 aromatic heterocycles. The highest BCUT2D eigenvalue weighted by atomic mass is 19.4. The summed E-state index contributed by atoms with van der Waals surface area (Å²) in [5.74, 6) is -0.405. The summed E-state index contributed by atoms with van der Waals surface area (Å²) in [6.45, 7) is 0.763. The fourth-order valence-corrected chi connectivity index (χ4v) is 3.45. The van der Waals surface area contributed by atoms with Gasteiger partial charge in [0, 0.05) is 19.0 Å². The monoisotopic (exact) mass is 357 g/mol. The van der Waals surface area contributed by atoms with Crippen LogP contribution in [0.15, 0.2) is 18.2 Å². The zero-order valence-electron chi connectivity index (χ0n) is 13.3. The van der Waals surface area contributed by atoms with Gasteiger partial charge in [-0.25, -0.2) is 9.78 Å². The number of likely N-dealkylation sites (tertiary alicyclic amines) is 1. The third-order valence-corrected chi connectivity index (χ3v) is 5.08. The zero-order valence-corrected chi connectivity index (χ0v) is 13.3. The molecule has 1 atom stereocenters. The van der Waals surface area contributed by atoms with Gasteiger partial charge < -0.3 is 15.3 Å². The summed E-state index contributed by atoms with van der Waals surface area (Å²) in [5, 5.41) is 11.6. The molecule has 2 fully saturated rings. The Balaban J connectivity index is 1.52. The molecular weight excluding hydrogens is 339 g/mol. The molecule has 1 aromatic rings. The number of aromatic nitrogens is 1. The number of alkyl halides is 3. The number of nitrogens with zero attached hydrogens (tertiary/aromatic N) is 2. The average molecular weight is 357 g/mol. The molecule has 2 aliphatic rings. The van der Waals surface area contributed by atoms with Crippen LogP contribution in [0, 0.1) is 11.3 Å². The van der Waals surface area contributed by atoms with Gasteiger partial charge in [0.15, 0.2) is 0 Å². The number of hydrogen-bond donors (Lipinski definition) is 2. The zero-order chi connectivity index (χ0) is 18.2. The van der Waals surface area contributed by atoms with Crippen molar-refractivity contribution in [3.05, 3.63) is 29.6 Å². The van der Waals surface area contributed by atoms with E-state index in [4.69, 9.17) is 5.11 Å². The van der Waals surface area contributed by atoms with Crippen LogP contribution >= 0.6 is 0 Å². The van der Waals surface area contributed by atoms with Crippen LogP contribution in [0.5, 0.6) is 0 Å². The number of amides is 2. The highest BCUT2D eigenvalue weighted by Gasteiger charge is 2.58. The molecule has 3 rings (SSSR count). The number of halogens is 3. The highest BCUT2D eigenvalue weighted by molar-refractivity contribution is 5.82. The number of pyridine rings is 1. The minimum atomic E-state index is -4.52. The van der Waals surface area contributed by atoms with Gasteiger partial charge in [0.25, 0.3) is 0 Å². The lowest BCUT2D eigenvalue weighted by molar-refractivity contribution is -0.141. The Bertz CT molecular complexity index is 685. The lowest BCUT2D eigenvalue weighted by atomic mass is 9.91. The second-order valence-electron chi connectivity index (χ2n) is 6.62. The molecule has 9 heteroatoms. The molecule has 0 radical (unpaired) electrons. The largest absolute Gasteiger partial charge is 0.465 e. The minimum absolute atomic E-state index is 0.0589. The van der Waals surface area contributed by atoms with Gasteiger partial charge in [-0.05, 0) is 36.8 Å². The van der Waals surface area contributed by atoms with E-state index < -0.39 is 18.0 Å². The lowest BCUT2D eigenvalue weighted by Gasteiger charge is -2.30. The van der Waals surface area contributed by atoms with Gasteiger partial charge in [0.1, 0.15) is 5.69 Å². The van der Waals surface area contributed by atoms with Gasteiger partial charge in [0.2, 0.25) is 5.91 Å². The summed E-state index contributed by atoms with van der Waals surface area (Å²) in [6.07, 6.45) is -3.49. The van der Waals surface area contributed by atoms with Crippen molar-refractivity contribution in [3.8, 4) is 0 Å². The van der Waals surface area contributed by atoms with Gasteiger partial charge in [0.05, 0.1) is 12.2 Å². The first-order chi connectivity index (χ1) is 11.7. The SMILES string of the molecule is O=C(NCc1cccc(C(F)(F)F)n1)C1CC12CCN(C(=O)O)CC2. The highest BCUT2D eigenvalue weighted by Crippen LogP contribution is 2.59. The molecule has 136 valence electrons. The smallest absolute Gasteiger partial charge is 0.433 e. The summed E-state index contributed by atoms with van der Waals surface area (Å²) in [5.41, 5.74) is -0.987. The Morgan fingerprint density at radius 1 is 1.32 bits per heavy atom. The number of carbonyl (C=O) groups excluding carboxylic acids is 1. The standard InChI is InChI=1S/C16H18F3N3O3/c17-16(18,19)12-3-1-2-10(21-12)9-20-13(23)11-8-15(11)4-6-22(7-5-15)14(24)25/h1-3,11H,4-9H2,(H,20,23)(H,24,25). The third-order valence-electron chi connectivity index (χ3n) is 5.08. The van der Waals surface area contributed by atoms with Crippen molar-refractivity contribution in [2.75, 3.05) is 13.1 Å². The molecule has 0 bridgehead atoms. The number of carboxylic acid groups (broad SMARTS) is 1. The van der Waals surface area contributed by atoms with Crippen molar-refractivity contribution < 1.29 is 27.9 Å². The van der Waals surface area contributed by atoms with E-state index in [9.17, 15) is 22.8 Å². The molecule has 1 saturated heterocycles. The van der Waals surface area contributed by atoms with Crippen LogP contribution in [0.4, 0.5) is 18.0 Å². The van der Waals surface area contributed by atoms with E-state index in [1.54, 1.807) is 0 Å². The quantitative estimate of drug-likeness (QED) is 0.871. The van der Waals surface area contributed by atoms with E-state index in [0.29, 0.717) is 32.4 Å². The van der Waals surface area contributed by atoms with Gasteiger partial charge in [-0.15, -0.1) is 0 Å². The number of hydrogen-bond acceptors (Lipinski definition) is 3. The second-order valence-corrected chi connectivity index (χ2v) is 6.62. The lowest BCUT2D eigenvalue weighted by Crippen LogP contribution is -2.39. The maximum atomic E-state index is 12.6. The number of nitrogens with one attached hydrogen (secondary N) is 1. The first-order valence-electron chi connectivity index (χ1n) is 8.00. The predicted molar refractivity (Wildman–Crippen MR) is 80.5 cm³/mol. The predicted octanol–water partition coefficient (Wildman–Crippen LogP) is 2.50. The molecule has 25 heavy (non-hydrogen) atoms. The fourth-order valence-electron chi connectivity index (χ4n) is 3.45. The molecule has 1 aliphatic heterocycles. The minimum Gasteiger partial charge on any atom is -0.465 e.